The Kier molecular flexibility index (Phi) is 4.81. The molecule has 1 saturated heterocycles. The second kappa shape index (κ2) is 6.42. The highest BCUT2D eigenvalue weighted by atomic mass is 32.2. The number of nitrogens with two attached hydrogens (primary N) is 1. The van der Waals surface area contributed by atoms with Crippen LogP contribution in [0.25, 0.3) is 0 Å². The number of nitrogens with one attached hydrogen (secondary N) is 1. The molecule has 0 saturated carbocycles. The van der Waals surface area contributed by atoms with Gasteiger partial charge in [0, 0.05) is 13.1 Å². The smallest absolute Gasteiger partial charge is 0.271 e. The third kappa shape index (κ3) is 3.52. The molecule has 1 amide bonds. The van der Waals surface area contributed by atoms with E-state index in [0.29, 0.717) is 24.4 Å². The van der Waals surface area contributed by atoms with Gasteiger partial charge >= 0.3 is 0 Å². The molecule has 0 bridgehead atoms. The fraction of sp³-hybridized carbons (Fsp3) is 0.462. The Hall–Kier alpha value is -1.64. The number of aryl methyl sites for hydroxylation is 1. The van der Waals surface area contributed by atoms with Gasteiger partial charge in [0.05, 0.1) is 4.90 Å². The summed E-state index contributed by atoms with van der Waals surface area (Å²) in [7, 11) is -3.44. The molecule has 0 spiro atoms. The van der Waals surface area contributed by atoms with E-state index in [1.807, 2.05) is 5.43 Å². The average Bonchev–Trinajstić information content (AvgIpc) is 3.00. The van der Waals surface area contributed by atoms with Gasteiger partial charge in [0.15, 0.2) is 6.61 Å². The molecule has 1 aromatic carbocycles. The first-order valence-electron chi connectivity index (χ1n) is 6.68. The third-order valence-electron chi connectivity index (χ3n) is 3.37. The highest BCUT2D eigenvalue weighted by molar-refractivity contribution is 7.89. The maximum Gasteiger partial charge on any atom is 0.271 e. The molecule has 1 heterocycles. The molecule has 0 radical (unpaired) electrons. The molecule has 21 heavy (non-hydrogen) atoms. The molecule has 1 aromatic rings. The van der Waals surface area contributed by atoms with Crippen LogP contribution in [0.15, 0.2) is 23.1 Å². The van der Waals surface area contributed by atoms with Crippen molar-refractivity contribution in [1.29, 1.82) is 0 Å². The zero-order valence-electron chi connectivity index (χ0n) is 11.8. The number of rotatable bonds is 5. The van der Waals surface area contributed by atoms with Gasteiger partial charge in [-0.05, 0) is 43.5 Å². The van der Waals surface area contributed by atoms with Crippen LogP contribution in [-0.4, -0.2) is 38.3 Å². The van der Waals surface area contributed by atoms with E-state index in [0.717, 1.165) is 12.8 Å². The van der Waals surface area contributed by atoms with Gasteiger partial charge in [0.25, 0.3) is 5.91 Å². The summed E-state index contributed by atoms with van der Waals surface area (Å²) in [6.45, 7) is 2.65. The number of hydrogen-bond donors (Lipinski definition) is 2. The Bertz CT molecular complexity index is 624. The maximum absolute atomic E-state index is 12.4. The van der Waals surface area contributed by atoms with E-state index in [9.17, 15) is 13.2 Å². The number of hydrogen-bond acceptors (Lipinski definition) is 5. The number of amides is 1. The Morgan fingerprint density at radius 2 is 2.05 bits per heavy atom. The molecular formula is C13H19N3O4S. The van der Waals surface area contributed by atoms with Crippen LogP contribution in [-0.2, 0) is 14.8 Å². The summed E-state index contributed by atoms with van der Waals surface area (Å²) in [4.78, 5) is 11.3. The number of carbonyl (C=O) groups is 1. The van der Waals surface area contributed by atoms with Crippen LogP contribution in [0, 0.1) is 6.92 Å². The lowest BCUT2D eigenvalue weighted by Crippen LogP contribution is -2.34. The fourth-order valence-corrected chi connectivity index (χ4v) is 3.81. The van der Waals surface area contributed by atoms with Gasteiger partial charge in [0.2, 0.25) is 10.0 Å². The van der Waals surface area contributed by atoms with E-state index in [1.165, 1.54) is 10.4 Å². The van der Waals surface area contributed by atoms with Crippen molar-refractivity contribution >= 4 is 15.9 Å². The molecule has 1 aliphatic rings. The summed E-state index contributed by atoms with van der Waals surface area (Å²) in [6.07, 6.45) is 1.79. The molecule has 116 valence electrons. The monoisotopic (exact) mass is 313 g/mol. The molecule has 8 heteroatoms. The second-order valence-electron chi connectivity index (χ2n) is 4.89. The van der Waals surface area contributed by atoms with Crippen molar-refractivity contribution in [3.63, 3.8) is 0 Å². The number of ether oxygens (including phenoxy) is 1. The molecule has 2 rings (SSSR count). The van der Waals surface area contributed by atoms with E-state index in [2.05, 4.69) is 0 Å². The van der Waals surface area contributed by atoms with Crippen LogP contribution in [0.1, 0.15) is 18.4 Å². The third-order valence-corrected chi connectivity index (χ3v) is 5.26. The van der Waals surface area contributed by atoms with Crippen LogP contribution in [0.3, 0.4) is 0 Å². The van der Waals surface area contributed by atoms with Crippen molar-refractivity contribution in [3.05, 3.63) is 23.8 Å². The van der Waals surface area contributed by atoms with Gasteiger partial charge in [-0.2, -0.15) is 4.31 Å². The van der Waals surface area contributed by atoms with Gasteiger partial charge in [-0.15, -0.1) is 0 Å². The highest BCUT2D eigenvalue weighted by Gasteiger charge is 2.27. The summed E-state index contributed by atoms with van der Waals surface area (Å²) in [5.41, 5.74) is 2.61. The highest BCUT2D eigenvalue weighted by Crippen LogP contribution is 2.25. The number of benzene rings is 1. The lowest BCUT2D eigenvalue weighted by Gasteiger charge is -2.16. The lowest BCUT2D eigenvalue weighted by atomic mass is 10.2. The molecule has 1 fully saturated rings. The summed E-state index contributed by atoms with van der Waals surface area (Å²) < 4.78 is 31.6. The standard InChI is InChI=1S/C13H19N3O4S/c1-10-8-11(21(18,19)16-6-2-3-7-16)4-5-12(10)20-9-13(17)15-14/h4-5,8H,2-3,6-7,9,14H2,1H3,(H,15,17). The SMILES string of the molecule is Cc1cc(S(=O)(=O)N2CCCC2)ccc1OCC(=O)NN. The summed E-state index contributed by atoms with van der Waals surface area (Å²) >= 11 is 0. The Balaban J connectivity index is 2.16. The van der Waals surface area contributed by atoms with Gasteiger partial charge in [-0.3, -0.25) is 10.2 Å². The predicted octanol–water partition coefficient (Wildman–Crippen LogP) is 0.148. The maximum atomic E-state index is 12.4. The Morgan fingerprint density at radius 3 is 2.62 bits per heavy atom. The summed E-state index contributed by atoms with van der Waals surface area (Å²) in [6, 6.07) is 4.61. The van der Waals surface area contributed by atoms with Crippen LogP contribution in [0.5, 0.6) is 5.75 Å². The predicted molar refractivity (Wildman–Crippen MR) is 77.0 cm³/mol. The molecule has 0 unspecified atom stereocenters. The zero-order valence-corrected chi connectivity index (χ0v) is 12.6. The minimum absolute atomic E-state index is 0.213. The largest absolute Gasteiger partial charge is 0.483 e. The van der Waals surface area contributed by atoms with Crippen LogP contribution < -0.4 is 16.0 Å². The molecular weight excluding hydrogens is 294 g/mol. The van der Waals surface area contributed by atoms with Crippen molar-refractivity contribution < 1.29 is 17.9 Å². The fourth-order valence-electron chi connectivity index (χ4n) is 2.21. The summed E-state index contributed by atoms with van der Waals surface area (Å²) in [5.74, 6) is 4.96. The molecule has 0 aliphatic carbocycles. The number of carbonyl (C=O) groups excluding carboxylic acids is 1. The average molecular weight is 313 g/mol. The first-order chi connectivity index (χ1) is 9.95. The van der Waals surface area contributed by atoms with Crippen LogP contribution in [0.4, 0.5) is 0 Å². The zero-order chi connectivity index (χ0) is 15.5. The first-order valence-corrected chi connectivity index (χ1v) is 8.12. The summed E-state index contributed by atoms with van der Waals surface area (Å²) in [5, 5.41) is 0. The van der Waals surface area contributed by atoms with E-state index < -0.39 is 15.9 Å². The quantitative estimate of drug-likeness (QED) is 0.458. The van der Waals surface area contributed by atoms with E-state index in [-0.39, 0.29) is 11.5 Å². The molecule has 7 nitrogen and oxygen atoms in total. The van der Waals surface area contributed by atoms with Gasteiger partial charge in [0.1, 0.15) is 5.75 Å². The molecule has 1 aliphatic heterocycles. The number of hydrazine groups is 1. The molecule has 0 atom stereocenters. The second-order valence-corrected chi connectivity index (χ2v) is 6.83. The Labute approximate surface area is 124 Å². The first kappa shape index (κ1) is 15.7. The van der Waals surface area contributed by atoms with Crippen molar-refractivity contribution in [2.45, 2.75) is 24.7 Å². The van der Waals surface area contributed by atoms with Crippen LogP contribution >= 0.6 is 0 Å². The van der Waals surface area contributed by atoms with Gasteiger partial charge < -0.3 is 4.74 Å². The number of sulfonamides is 1. The minimum atomic E-state index is -3.44. The lowest BCUT2D eigenvalue weighted by molar-refractivity contribution is -0.123. The molecule has 3 N–H and O–H groups in total. The minimum Gasteiger partial charge on any atom is -0.483 e. The van der Waals surface area contributed by atoms with Crippen molar-refractivity contribution in [2.75, 3.05) is 19.7 Å². The van der Waals surface area contributed by atoms with Crippen molar-refractivity contribution in [1.82, 2.24) is 9.73 Å². The van der Waals surface area contributed by atoms with E-state index in [1.54, 1.807) is 19.1 Å². The van der Waals surface area contributed by atoms with Crippen molar-refractivity contribution in [2.24, 2.45) is 5.84 Å². The number of nitrogens with zero attached hydrogens (tertiary/aromatic N) is 1. The topological polar surface area (TPSA) is 102 Å². The van der Waals surface area contributed by atoms with Crippen LogP contribution in [0.2, 0.25) is 0 Å². The van der Waals surface area contributed by atoms with Crippen molar-refractivity contribution in [3.8, 4) is 5.75 Å². The van der Waals surface area contributed by atoms with E-state index in [4.69, 9.17) is 10.6 Å². The van der Waals surface area contributed by atoms with E-state index >= 15 is 0 Å². The molecule has 0 aromatic heterocycles. The van der Waals surface area contributed by atoms with Gasteiger partial charge in [-0.25, -0.2) is 14.3 Å². The Morgan fingerprint density at radius 1 is 1.38 bits per heavy atom. The van der Waals surface area contributed by atoms with Gasteiger partial charge in [-0.1, -0.05) is 0 Å². The normalized spacial score (nSPS) is 15.9.